The van der Waals surface area contributed by atoms with Crippen LogP contribution in [0.5, 0.6) is 11.5 Å². The molecule has 0 aliphatic rings. The number of phenols is 1. The van der Waals surface area contributed by atoms with Gasteiger partial charge in [-0.25, -0.2) is 4.98 Å². The average Bonchev–Trinajstić information content (AvgIpc) is 2.70. The Morgan fingerprint density at radius 2 is 2.29 bits per heavy atom. The van der Waals surface area contributed by atoms with Gasteiger partial charge in [-0.2, -0.15) is 0 Å². The van der Waals surface area contributed by atoms with E-state index in [0.29, 0.717) is 23.9 Å². The highest BCUT2D eigenvalue weighted by Crippen LogP contribution is 2.31. The van der Waals surface area contributed by atoms with Crippen LogP contribution in [0.15, 0.2) is 23.6 Å². The Labute approximate surface area is 104 Å². The van der Waals surface area contributed by atoms with Crippen molar-refractivity contribution in [1.29, 1.82) is 0 Å². The van der Waals surface area contributed by atoms with Crippen LogP contribution in [0.3, 0.4) is 0 Å². The van der Waals surface area contributed by atoms with Crippen molar-refractivity contribution in [1.82, 2.24) is 4.98 Å². The van der Waals surface area contributed by atoms with Gasteiger partial charge in [0.25, 0.3) is 0 Å². The lowest BCUT2D eigenvalue weighted by molar-refractivity contribution is 0.317. The molecule has 2 aromatic rings. The molecule has 1 aromatic heterocycles. The second-order valence-electron chi connectivity index (χ2n) is 3.55. The number of anilines is 1. The Morgan fingerprint density at radius 3 is 2.94 bits per heavy atom. The smallest absolute Gasteiger partial charge is 0.180 e. The fourth-order valence-electron chi connectivity index (χ4n) is 1.58. The van der Waals surface area contributed by atoms with Crippen molar-refractivity contribution in [3.05, 3.63) is 34.8 Å². The van der Waals surface area contributed by atoms with Gasteiger partial charge in [0.05, 0.1) is 12.3 Å². The van der Waals surface area contributed by atoms with Gasteiger partial charge in [-0.05, 0) is 13.0 Å². The number of nitrogens with two attached hydrogens (primary N) is 1. The number of benzene rings is 1. The fraction of sp³-hybridized carbons (Fsp3) is 0.250. The van der Waals surface area contributed by atoms with E-state index in [4.69, 9.17) is 10.5 Å². The summed E-state index contributed by atoms with van der Waals surface area (Å²) in [5.41, 5.74) is 7.22. The molecule has 0 saturated carbocycles. The molecule has 1 heterocycles. The van der Waals surface area contributed by atoms with E-state index < -0.39 is 0 Å². The van der Waals surface area contributed by atoms with E-state index >= 15 is 0 Å². The number of phenolic OH excluding ortho intramolecular Hbond substituents is 1. The highest BCUT2D eigenvalue weighted by molar-refractivity contribution is 7.13. The minimum absolute atomic E-state index is 0.181. The Morgan fingerprint density at radius 1 is 1.47 bits per heavy atom. The molecule has 4 nitrogen and oxygen atoms in total. The van der Waals surface area contributed by atoms with Crippen LogP contribution in [0.2, 0.25) is 0 Å². The van der Waals surface area contributed by atoms with E-state index in [1.54, 1.807) is 6.07 Å². The molecule has 0 aliphatic heterocycles. The van der Waals surface area contributed by atoms with Gasteiger partial charge in [0.15, 0.2) is 16.6 Å². The van der Waals surface area contributed by atoms with E-state index in [-0.39, 0.29) is 5.75 Å². The van der Waals surface area contributed by atoms with Crippen LogP contribution in [-0.2, 0) is 6.42 Å². The molecule has 0 atom stereocenters. The summed E-state index contributed by atoms with van der Waals surface area (Å²) < 4.78 is 5.33. The number of thiazole rings is 1. The summed E-state index contributed by atoms with van der Waals surface area (Å²) in [4.78, 5) is 4.17. The molecular formula is C12H14N2O2S. The predicted octanol–water partition coefficient (Wildman–Crippen LogP) is 2.42. The highest BCUT2D eigenvalue weighted by Gasteiger charge is 2.09. The molecule has 0 aliphatic carbocycles. The molecule has 0 fully saturated rings. The molecule has 5 heteroatoms. The number of aromatic hydroxyl groups is 1. The van der Waals surface area contributed by atoms with E-state index in [9.17, 15) is 5.11 Å². The van der Waals surface area contributed by atoms with Crippen molar-refractivity contribution < 1.29 is 9.84 Å². The first kappa shape index (κ1) is 11.7. The van der Waals surface area contributed by atoms with Crippen LogP contribution in [0.4, 0.5) is 5.13 Å². The number of para-hydroxylation sites is 1. The van der Waals surface area contributed by atoms with Gasteiger partial charge in [0.2, 0.25) is 0 Å². The maximum atomic E-state index is 10.0. The van der Waals surface area contributed by atoms with Gasteiger partial charge >= 0.3 is 0 Å². The van der Waals surface area contributed by atoms with Crippen molar-refractivity contribution in [2.24, 2.45) is 0 Å². The molecule has 0 radical (unpaired) electrons. The molecule has 1 aromatic carbocycles. The third-order valence-corrected chi connectivity index (χ3v) is 3.05. The Balaban J connectivity index is 2.23. The molecule has 2 rings (SSSR count). The number of nitrogens with zero attached hydrogens (tertiary/aromatic N) is 1. The van der Waals surface area contributed by atoms with Crippen molar-refractivity contribution >= 4 is 16.5 Å². The van der Waals surface area contributed by atoms with Crippen molar-refractivity contribution in [2.75, 3.05) is 12.3 Å². The molecule has 0 unspecified atom stereocenters. The zero-order chi connectivity index (χ0) is 12.3. The van der Waals surface area contributed by atoms with Gasteiger partial charge in [-0.1, -0.05) is 12.1 Å². The largest absolute Gasteiger partial charge is 0.504 e. The number of hydrogen-bond acceptors (Lipinski definition) is 5. The van der Waals surface area contributed by atoms with Crippen molar-refractivity contribution in [3.8, 4) is 11.5 Å². The SMILES string of the molecule is CCOc1cccc(Cc2csc(N)n2)c1O. The van der Waals surface area contributed by atoms with E-state index in [1.165, 1.54) is 11.3 Å². The van der Waals surface area contributed by atoms with Gasteiger partial charge in [-0.3, -0.25) is 0 Å². The minimum Gasteiger partial charge on any atom is -0.504 e. The lowest BCUT2D eigenvalue weighted by Gasteiger charge is -2.09. The van der Waals surface area contributed by atoms with Crippen LogP contribution in [0.1, 0.15) is 18.2 Å². The number of nitrogen functional groups attached to an aromatic ring is 1. The first-order valence-electron chi connectivity index (χ1n) is 5.34. The topological polar surface area (TPSA) is 68.4 Å². The maximum Gasteiger partial charge on any atom is 0.180 e. The summed E-state index contributed by atoms with van der Waals surface area (Å²) >= 11 is 1.40. The minimum atomic E-state index is 0.181. The van der Waals surface area contributed by atoms with E-state index in [2.05, 4.69) is 4.98 Å². The molecule has 0 amide bonds. The first-order chi connectivity index (χ1) is 8.20. The Hall–Kier alpha value is -1.75. The lowest BCUT2D eigenvalue weighted by Crippen LogP contribution is -1.95. The monoisotopic (exact) mass is 250 g/mol. The van der Waals surface area contributed by atoms with Crippen LogP contribution >= 0.6 is 11.3 Å². The maximum absolute atomic E-state index is 10.0. The number of ether oxygens (including phenoxy) is 1. The fourth-order valence-corrected chi connectivity index (χ4v) is 2.14. The highest BCUT2D eigenvalue weighted by atomic mass is 32.1. The summed E-state index contributed by atoms with van der Waals surface area (Å²) in [6, 6.07) is 5.46. The van der Waals surface area contributed by atoms with Crippen LogP contribution in [0, 0.1) is 0 Å². The van der Waals surface area contributed by atoms with Gasteiger partial charge in [0, 0.05) is 17.4 Å². The quantitative estimate of drug-likeness (QED) is 0.874. The zero-order valence-corrected chi connectivity index (χ0v) is 10.3. The molecule has 0 bridgehead atoms. The van der Waals surface area contributed by atoms with Gasteiger partial charge in [-0.15, -0.1) is 11.3 Å². The average molecular weight is 250 g/mol. The van der Waals surface area contributed by atoms with Crippen LogP contribution in [0.25, 0.3) is 0 Å². The van der Waals surface area contributed by atoms with Gasteiger partial charge < -0.3 is 15.6 Å². The van der Waals surface area contributed by atoms with E-state index in [1.807, 2.05) is 24.4 Å². The second kappa shape index (κ2) is 5.05. The molecule has 0 saturated heterocycles. The standard InChI is InChI=1S/C12H14N2O2S/c1-2-16-10-5-3-4-8(11(10)15)6-9-7-17-12(13)14-9/h3-5,7,15H,2,6H2,1H3,(H2,13,14). The van der Waals surface area contributed by atoms with Gasteiger partial charge in [0.1, 0.15) is 0 Å². The second-order valence-corrected chi connectivity index (χ2v) is 4.44. The summed E-state index contributed by atoms with van der Waals surface area (Å²) in [6.45, 7) is 2.41. The summed E-state index contributed by atoms with van der Waals surface area (Å²) in [5, 5.41) is 12.4. The number of hydrogen-bond donors (Lipinski definition) is 2. The number of rotatable bonds is 4. The van der Waals surface area contributed by atoms with Crippen LogP contribution in [-0.4, -0.2) is 16.7 Å². The molecule has 3 N–H and O–H groups in total. The zero-order valence-electron chi connectivity index (χ0n) is 9.51. The first-order valence-corrected chi connectivity index (χ1v) is 6.22. The summed E-state index contributed by atoms with van der Waals surface area (Å²) in [7, 11) is 0. The third kappa shape index (κ3) is 2.68. The molecule has 90 valence electrons. The Kier molecular flexibility index (Phi) is 3.49. The summed E-state index contributed by atoms with van der Waals surface area (Å²) in [5.74, 6) is 0.689. The predicted molar refractivity (Wildman–Crippen MR) is 68.6 cm³/mol. The van der Waals surface area contributed by atoms with Crippen LogP contribution < -0.4 is 10.5 Å². The lowest BCUT2D eigenvalue weighted by atomic mass is 10.1. The normalized spacial score (nSPS) is 10.4. The Bertz CT molecular complexity index is 511. The molecular weight excluding hydrogens is 236 g/mol. The van der Waals surface area contributed by atoms with E-state index in [0.717, 1.165) is 11.3 Å². The molecule has 17 heavy (non-hydrogen) atoms. The van der Waals surface area contributed by atoms with Crippen molar-refractivity contribution in [3.63, 3.8) is 0 Å². The third-order valence-electron chi connectivity index (χ3n) is 2.32. The molecule has 0 spiro atoms. The van der Waals surface area contributed by atoms with Crippen molar-refractivity contribution in [2.45, 2.75) is 13.3 Å². The summed E-state index contributed by atoms with van der Waals surface area (Å²) in [6.07, 6.45) is 0.556. The number of aromatic nitrogens is 1.